The molecule has 2 atom stereocenters. The fourth-order valence-electron chi connectivity index (χ4n) is 4.37. The molecule has 1 aliphatic carbocycles. The highest BCUT2D eigenvalue weighted by molar-refractivity contribution is 5.95. The summed E-state index contributed by atoms with van der Waals surface area (Å²) in [6.07, 6.45) is 3.99. The average Bonchev–Trinajstić information content (AvgIpc) is 2.74. The summed E-state index contributed by atoms with van der Waals surface area (Å²) in [4.78, 5) is 53.8. The van der Waals surface area contributed by atoms with Crippen LogP contribution in [0.4, 0.5) is 4.79 Å². The maximum absolute atomic E-state index is 14.1. The highest BCUT2D eigenvalue weighted by atomic mass is 16.6. The molecule has 4 amide bonds. The van der Waals surface area contributed by atoms with Gasteiger partial charge in [-0.25, -0.2) is 4.79 Å². The van der Waals surface area contributed by atoms with Crippen molar-refractivity contribution in [3.8, 4) is 0 Å². The number of hydrogen-bond donors (Lipinski definition) is 3. The van der Waals surface area contributed by atoms with Crippen LogP contribution in [0.1, 0.15) is 95.4 Å². The second-order valence-electron chi connectivity index (χ2n) is 11.0. The van der Waals surface area contributed by atoms with E-state index in [0.29, 0.717) is 6.54 Å². The maximum Gasteiger partial charge on any atom is 0.408 e. The fraction of sp³-hybridized carbons (Fsp3) is 0.643. The third-order valence-electron chi connectivity index (χ3n) is 6.45. The second-order valence-corrected chi connectivity index (χ2v) is 11.0. The molecule has 206 valence electrons. The lowest BCUT2D eigenvalue weighted by molar-refractivity contribution is -0.148. The normalized spacial score (nSPS) is 15.2. The molecule has 0 aliphatic heterocycles. The summed E-state index contributed by atoms with van der Waals surface area (Å²) in [5.74, 6) is -1.54. The van der Waals surface area contributed by atoms with E-state index in [-0.39, 0.29) is 11.9 Å². The second kappa shape index (κ2) is 13.4. The van der Waals surface area contributed by atoms with Crippen molar-refractivity contribution < 1.29 is 23.9 Å². The first-order valence-corrected chi connectivity index (χ1v) is 13.3. The van der Waals surface area contributed by atoms with Crippen molar-refractivity contribution >= 4 is 23.8 Å². The summed E-state index contributed by atoms with van der Waals surface area (Å²) < 4.78 is 5.33. The van der Waals surface area contributed by atoms with Gasteiger partial charge in [0.2, 0.25) is 17.7 Å². The van der Waals surface area contributed by atoms with Crippen molar-refractivity contribution in [3.05, 3.63) is 34.9 Å². The molecule has 0 bridgehead atoms. The molecule has 0 radical (unpaired) electrons. The zero-order valence-corrected chi connectivity index (χ0v) is 23.2. The Morgan fingerprint density at radius 3 is 2.35 bits per heavy atom. The van der Waals surface area contributed by atoms with Gasteiger partial charge in [0.25, 0.3) is 0 Å². The molecule has 1 aliphatic rings. The van der Waals surface area contributed by atoms with Crippen molar-refractivity contribution in [2.75, 3.05) is 6.54 Å². The number of nitrogens with zero attached hydrogens (tertiary/aromatic N) is 1. The Bertz CT molecular complexity index is 968. The Balaban J connectivity index is 2.49. The van der Waals surface area contributed by atoms with Crippen molar-refractivity contribution in [1.29, 1.82) is 0 Å². The highest BCUT2D eigenvalue weighted by Crippen LogP contribution is 2.35. The molecule has 0 aromatic heterocycles. The van der Waals surface area contributed by atoms with Gasteiger partial charge >= 0.3 is 6.09 Å². The number of benzene rings is 1. The molecule has 2 rings (SSSR count). The Labute approximate surface area is 220 Å². The van der Waals surface area contributed by atoms with E-state index in [2.05, 4.69) is 17.6 Å². The van der Waals surface area contributed by atoms with Gasteiger partial charge in [-0.05, 0) is 71.4 Å². The average molecular weight is 517 g/mol. The summed E-state index contributed by atoms with van der Waals surface area (Å²) in [5.41, 5.74) is 7.23. The number of unbranched alkanes of at least 4 members (excludes halogenated alkanes) is 2. The number of carbonyl (C=O) groups excluding carboxylic acids is 4. The van der Waals surface area contributed by atoms with Gasteiger partial charge in [-0.1, -0.05) is 43.5 Å². The number of aryl methyl sites for hydroxylation is 2. The number of nitrogens with one attached hydrogen (secondary N) is 2. The van der Waals surface area contributed by atoms with Gasteiger partial charge in [0.05, 0.1) is 6.42 Å². The molecular weight excluding hydrogens is 472 g/mol. The SMILES string of the molecule is CCCCCNC(=O)C(c1cc(C)ccc1C)N(C(=O)C(CC(N)=O)NC(=O)OC(C)(C)C)C1CCC1. The molecule has 0 saturated heterocycles. The largest absolute Gasteiger partial charge is 0.444 e. The minimum Gasteiger partial charge on any atom is -0.444 e. The van der Waals surface area contributed by atoms with E-state index in [0.717, 1.165) is 55.2 Å². The number of primary amides is 1. The van der Waals surface area contributed by atoms with Gasteiger partial charge in [-0.3, -0.25) is 14.4 Å². The summed E-state index contributed by atoms with van der Waals surface area (Å²) >= 11 is 0. The van der Waals surface area contributed by atoms with E-state index in [1.807, 2.05) is 32.0 Å². The van der Waals surface area contributed by atoms with Gasteiger partial charge in [-0.2, -0.15) is 0 Å². The molecule has 1 fully saturated rings. The molecule has 9 heteroatoms. The monoisotopic (exact) mass is 516 g/mol. The molecule has 37 heavy (non-hydrogen) atoms. The zero-order chi connectivity index (χ0) is 27.8. The molecule has 1 aromatic carbocycles. The van der Waals surface area contributed by atoms with Crippen LogP contribution < -0.4 is 16.4 Å². The lowest BCUT2D eigenvalue weighted by Gasteiger charge is -2.44. The number of nitrogens with two attached hydrogens (primary N) is 1. The Kier molecular flexibility index (Phi) is 10.9. The van der Waals surface area contributed by atoms with E-state index < -0.39 is 42.0 Å². The van der Waals surface area contributed by atoms with Crippen LogP contribution >= 0.6 is 0 Å². The molecule has 1 saturated carbocycles. The zero-order valence-electron chi connectivity index (χ0n) is 23.2. The summed E-state index contributed by atoms with van der Waals surface area (Å²) in [6, 6.07) is 3.46. The number of rotatable bonds is 12. The third kappa shape index (κ3) is 9.05. The molecular formula is C28H44N4O5. The van der Waals surface area contributed by atoms with Crippen LogP contribution in [-0.4, -0.2) is 52.9 Å². The van der Waals surface area contributed by atoms with Gasteiger partial charge < -0.3 is 26.0 Å². The van der Waals surface area contributed by atoms with E-state index >= 15 is 0 Å². The van der Waals surface area contributed by atoms with Crippen molar-refractivity contribution in [1.82, 2.24) is 15.5 Å². The van der Waals surface area contributed by atoms with Crippen LogP contribution in [0, 0.1) is 13.8 Å². The first-order valence-electron chi connectivity index (χ1n) is 13.3. The van der Waals surface area contributed by atoms with E-state index in [1.165, 1.54) is 0 Å². The van der Waals surface area contributed by atoms with Gasteiger partial charge in [-0.15, -0.1) is 0 Å². The Morgan fingerprint density at radius 1 is 1.14 bits per heavy atom. The molecule has 0 spiro atoms. The van der Waals surface area contributed by atoms with E-state index in [9.17, 15) is 19.2 Å². The van der Waals surface area contributed by atoms with Crippen molar-refractivity contribution in [2.24, 2.45) is 5.73 Å². The van der Waals surface area contributed by atoms with E-state index in [1.54, 1.807) is 25.7 Å². The predicted octanol–water partition coefficient (Wildman–Crippen LogP) is 3.80. The number of amides is 4. The molecule has 1 aromatic rings. The number of alkyl carbamates (subject to hydrolysis) is 1. The number of ether oxygens (including phenoxy) is 1. The smallest absolute Gasteiger partial charge is 0.408 e. The maximum atomic E-state index is 14.1. The van der Waals surface area contributed by atoms with Crippen LogP contribution in [-0.2, 0) is 19.1 Å². The standard InChI is InChI=1S/C28H44N4O5/c1-7-8-9-15-30-25(34)24(21-16-18(2)13-14-19(21)3)32(20-11-10-12-20)26(35)22(17-23(29)33)31-27(36)37-28(4,5)6/h13-14,16,20,22,24H,7-12,15,17H2,1-6H3,(H2,29,33)(H,30,34)(H,31,36). The van der Waals surface area contributed by atoms with E-state index in [4.69, 9.17) is 10.5 Å². The van der Waals surface area contributed by atoms with Gasteiger partial charge in [0.15, 0.2) is 0 Å². The van der Waals surface area contributed by atoms with Crippen LogP contribution in [0.25, 0.3) is 0 Å². The quantitative estimate of drug-likeness (QED) is 0.364. The van der Waals surface area contributed by atoms with Crippen LogP contribution in [0.2, 0.25) is 0 Å². The predicted molar refractivity (Wildman–Crippen MR) is 143 cm³/mol. The minimum atomic E-state index is -1.26. The topological polar surface area (TPSA) is 131 Å². The van der Waals surface area contributed by atoms with Gasteiger partial charge in [0, 0.05) is 12.6 Å². The summed E-state index contributed by atoms with van der Waals surface area (Å²) in [6.45, 7) is 11.6. The molecule has 2 unspecified atom stereocenters. The first-order chi connectivity index (χ1) is 17.3. The third-order valence-corrected chi connectivity index (χ3v) is 6.45. The molecule has 9 nitrogen and oxygen atoms in total. The lowest BCUT2D eigenvalue weighted by atomic mass is 9.86. The molecule has 4 N–H and O–H groups in total. The van der Waals surface area contributed by atoms with Crippen molar-refractivity contribution in [2.45, 2.75) is 110 Å². The van der Waals surface area contributed by atoms with Crippen LogP contribution in [0.3, 0.4) is 0 Å². The Hall–Kier alpha value is -3.10. The summed E-state index contributed by atoms with van der Waals surface area (Å²) in [7, 11) is 0. The number of hydrogen-bond acceptors (Lipinski definition) is 5. The van der Waals surface area contributed by atoms with Crippen molar-refractivity contribution in [3.63, 3.8) is 0 Å². The van der Waals surface area contributed by atoms with Crippen LogP contribution in [0.5, 0.6) is 0 Å². The lowest BCUT2D eigenvalue weighted by Crippen LogP contribution is -2.58. The molecule has 0 heterocycles. The fourth-order valence-corrected chi connectivity index (χ4v) is 4.37. The minimum absolute atomic E-state index is 0.199. The number of carbonyl (C=O) groups is 4. The highest BCUT2D eigenvalue weighted by Gasteiger charge is 2.42. The first kappa shape index (κ1) is 30.1. The van der Waals surface area contributed by atoms with Crippen LogP contribution in [0.15, 0.2) is 18.2 Å². The summed E-state index contributed by atoms with van der Waals surface area (Å²) in [5, 5.41) is 5.55. The Morgan fingerprint density at radius 2 is 1.81 bits per heavy atom. The van der Waals surface area contributed by atoms with Gasteiger partial charge in [0.1, 0.15) is 17.7 Å².